The van der Waals surface area contributed by atoms with Crippen LogP contribution >= 0.6 is 7.82 Å². The highest BCUT2D eigenvalue weighted by Gasteiger charge is 2.18. The van der Waals surface area contributed by atoms with Crippen LogP contribution in [0.3, 0.4) is 0 Å². The summed E-state index contributed by atoms with van der Waals surface area (Å²) in [6.45, 7) is 15.7. The van der Waals surface area contributed by atoms with Crippen LogP contribution in [-0.4, -0.2) is 71.3 Å². The lowest BCUT2D eigenvalue weighted by Gasteiger charge is -2.28. The molecule has 0 saturated carbocycles. The van der Waals surface area contributed by atoms with E-state index in [2.05, 4.69) is 41.5 Å². The van der Waals surface area contributed by atoms with Gasteiger partial charge in [0.1, 0.15) is 19.3 Å². The van der Waals surface area contributed by atoms with Gasteiger partial charge in [0.2, 0.25) is 0 Å². The third kappa shape index (κ3) is 24.3. The molecule has 3 unspecified atom stereocenters. The Hall–Kier alpha value is -0.0100. The van der Waals surface area contributed by atoms with E-state index in [1.54, 1.807) is 0 Å². The van der Waals surface area contributed by atoms with Gasteiger partial charge in [-0.2, -0.15) is 0 Å². The summed E-state index contributed by atoms with van der Waals surface area (Å²) in [6.07, 6.45) is 8.89. The van der Waals surface area contributed by atoms with Crippen molar-refractivity contribution in [2.24, 2.45) is 23.7 Å². The number of rotatable bonds is 24. The number of ether oxygens (including phenoxy) is 2. The molecule has 0 bridgehead atoms. The first-order valence-corrected chi connectivity index (χ1v) is 15.8. The molecule has 36 heavy (non-hydrogen) atoms. The molecule has 0 aromatic rings. The molecule has 0 spiro atoms. The standard InChI is InChI=1S/C28H60NO6P/c1-24(2)12-10-14-26(5)16-19-32-22-28(33-20-17-27(6)15-11-13-25(3)4)23-35-36(30,31)34-21-18-29(7,8)9/h24-28H,10-23H2,1-9H3/t26?,27?,28-/m1/s1. The van der Waals surface area contributed by atoms with Crippen molar-refractivity contribution < 1.29 is 32.5 Å². The molecule has 0 heterocycles. The second kappa shape index (κ2) is 20.0. The van der Waals surface area contributed by atoms with E-state index in [4.69, 9.17) is 18.5 Å². The summed E-state index contributed by atoms with van der Waals surface area (Å²) in [6, 6.07) is 0. The number of hydrogen-bond acceptors (Lipinski definition) is 6. The highest BCUT2D eigenvalue weighted by Crippen LogP contribution is 2.38. The van der Waals surface area contributed by atoms with Gasteiger partial charge in [-0.15, -0.1) is 0 Å². The Labute approximate surface area is 223 Å². The number of phosphoric acid groups is 1. The smallest absolute Gasteiger partial charge is 0.268 e. The molecule has 0 aliphatic carbocycles. The molecule has 0 rings (SSSR count). The van der Waals surface area contributed by atoms with Crippen molar-refractivity contribution in [2.45, 2.75) is 99.0 Å². The van der Waals surface area contributed by atoms with Crippen LogP contribution in [0.1, 0.15) is 92.9 Å². The number of likely N-dealkylation sites (N-methyl/N-ethyl adjacent to an activating group) is 1. The topological polar surface area (TPSA) is 77.1 Å². The van der Waals surface area contributed by atoms with Crippen LogP contribution in [0, 0.1) is 23.7 Å². The van der Waals surface area contributed by atoms with Crippen molar-refractivity contribution >= 4 is 7.82 Å². The molecule has 0 saturated heterocycles. The molecule has 0 aromatic carbocycles. The van der Waals surface area contributed by atoms with Gasteiger partial charge in [0, 0.05) is 13.2 Å². The minimum absolute atomic E-state index is 0.0865. The largest absolute Gasteiger partial charge is 0.756 e. The molecular formula is C28H60NO6P. The summed E-state index contributed by atoms with van der Waals surface area (Å²) in [5.41, 5.74) is 0. The number of phosphoric ester groups is 1. The number of quaternary nitrogens is 1. The summed E-state index contributed by atoms with van der Waals surface area (Å²) in [7, 11) is 1.57. The zero-order valence-electron chi connectivity index (χ0n) is 25.1. The van der Waals surface area contributed by atoms with Crippen LogP contribution in [0.2, 0.25) is 0 Å². The molecular weight excluding hydrogens is 477 g/mol. The van der Waals surface area contributed by atoms with Gasteiger partial charge in [0.15, 0.2) is 0 Å². The summed E-state index contributed by atoms with van der Waals surface area (Å²) >= 11 is 0. The molecule has 0 fully saturated rings. The maximum Gasteiger partial charge on any atom is 0.268 e. The Kier molecular flexibility index (Phi) is 20.0. The van der Waals surface area contributed by atoms with E-state index < -0.39 is 13.9 Å². The molecule has 8 heteroatoms. The first-order chi connectivity index (χ1) is 16.7. The monoisotopic (exact) mass is 537 g/mol. The SMILES string of the molecule is CC(C)CCCC(C)CCOC[C@H](COP(=O)([O-])OCC[N+](C)(C)C)OCCC(C)CCCC(C)C. The van der Waals surface area contributed by atoms with Gasteiger partial charge in [-0.05, 0) is 36.5 Å². The highest BCUT2D eigenvalue weighted by molar-refractivity contribution is 7.45. The molecule has 7 nitrogen and oxygen atoms in total. The van der Waals surface area contributed by atoms with E-state index in [0.717, 1.165) is 24.7 Å². The Morgan fingerprint density at radius 3 is 1.72 bits per heavy atom. The quantitative estimate of drug-likeness (QED) is 0.0817. The second-order valence-electron chi connectivity index (χ2n) is 12.6. The number of hydrogen-bond donors (Lipinski definition) is 0. The summed E-state index contributed by atoms with van der Waals surface area (Å²) < 4.78 is 35.0. The van der Waals surface area contributed by atoms with Gasteiger partial charge in [-0.3, -0.25) is 4.57 Å². The van der Waals surface area contributed by atoms with Gasteiger partial charge in [0.25, 0.3) is 7.82 Å². The van der Waals surface area contributed by atoms with E-state index in [0.29, 0.717) is 42.7 Å². The molecule has 0 N–H and O–H groups in total. The molecule has 0 aliphatic rings. The number of nitrogens with zero attached hydrogens (tertiary/aromatic N) is 1. The van der Waals surface area contributed by atoms with Crippen molar-refractivity contribution in [3.63, 3.8) is 0 Å². The minimum Gasteiger partial charge on any atom is -0.756 e. The van der Waals surface area contributed by atoms with Crippen molar-refractivity contribution in [1.82, 2.24) is 0 Å². The normalized spacial score (nSPS) is 16.9. The maximum absolute atomic E-state index is 12.2. The van der Waals surface area contributed by atoms with Crippen LogP contribution in [0.25, 0.3) is 0 Å². The van der Waals surface area contributed by atoms with Gasteiger partial charge >= 0.3 is 0 Å². The zero-order valence-corrected chi connectivity index (χ0v) is 26.0. The predicted molar refractivity (Wildman–Crippen MR) is 148 cm³/mol. The highest BCUT2D eigenvalue weighted by atomic mass is 31.2. The van der Waals surface area contributed by atoms with Crippen molar-refractivity contribution in [1.29, 1.82) is 0 Å². The molecule has 0 amide bonds. The molecule has 0 radical (unpaired) electrons. The second-order valence-corrected chi connectivity index (χ2v) is 14.0. The zero-order chi connectivity index (χ0) is 27.6. The molecule has 0 aromatic heterocycles. The average Bonchev–Trinajstić information content (AvgIpc) is 2.72. The fourth-order valence-corrected chi connectivity index (χ4v) is 4.48. The van der Waals surface area contributed by atoms with Crippen LogP contribution in [0.15, 0.2) is 0 Å². The Bertz CT molecular complexity index is 567. The van der Waals surface area contributed by atoms with Gasteiger partial charge in [-0.1, -0.05) is 80.1 Å². The fraction of sp³-hybridized carbons (Fsp3) is 1.00. The lowest BCUT2D eigenvalue weighted by atomic mass is 9.97. The van der Waals surface area contributed by atoms with E-state index >= 15 is 0 Å². The summed E-state index contributed by atoms with van der Waals surface area (Å²) in [5.74, 6) is 2.67. The van der Waals surface area contributed by atoms with Crippen molar-refractivity contribution in [3.8, 4) is 0 Å². The minimum atomic E-state index is -4.38. The molecule has 218 valence electrons. The van der Waals surface area contributed by atoms with Crippen molar-refractivity contribution in [2.75, 3.05) is 60.7 Å². The van der Waals surface area contributed by atoms with E-state index in [1.807, 2.05) is 21.1 Å². The Morgan fingerprint density at radius 1 is 0.694 bits per heavy atom. The lowest BCUT2D eigenvalue weighted by Crippen LogP contribution is -2.37. The van der Waals surface area contributed by atoms with Gasteiger partial charge < -0.3 is 27.9 Å². The predicted octanol–water partition coefficient (Wildman–Crippen LogP) is 6.30. The van der Waals surface area contributed by atoms with Gasteiger partial charge in [-0.25, -0.2) is 0 Å². The maximum atomic E-state index is 12.2. The van der Waals surface area contributed by atoms with Crippen LogP contribution < -0.4 is 4.89 Å². The summed E-state index contributed by atoms with van der Waals surface area (Å²) in [4.78, 5) is 12.2. The summed E-state index contributed by atoms with van der Waals surface area (Å²) in [5, 5.41) is 0. The third-order valence-corrected chi connectivity index (χ3v) is 7.37. The Morgan fingerprint density at radius 2 is 1.22 bits per heavy atom. The first-order valence-electron chi connectivity index (χ1n) is 14.3. The average molecular weight is 538 g/mol. The van der Waals surface area contributed by atoms with Crippen LogP contribution in [0.4, 0.5) is 0 Å². The van der Waals surface area contributed by atoms with Crippen LogP contribution in [0.5, 0.6) is 0 Å². The van der Waals surface area contributed by atoms with Crippen molar-refractivity contribution in [3.05, 3.63) is 0 Å². The lowest BCUT2D eigenvalue weighted by molar-refractivity contribution is -0.870. The van der Waals surface area contributed by atoms with Crippen LogP contribution in [-0.2, 0) is 23.1 Å². The Balaban J connectivity index is 4.53. The molecule has 4 atom stereocenters. The third-order valence-electron chi connectivity index (χ3n) is 6.41. The molecule has 0 aliphatic heterocycles. The fourth-order valence-electron chi connectivity index (χ4n) is 3.76. The first kappa shape index (κ1) is 36.0. The van der Waals surface area contributed by atoms with E-state index in [-0.39, 0.29) is 13.2 Å². The van der Waals surface area contributed by atoms with E-state index in [9.17, 15) is 9.46 Å². The van der Waals surface area contributed by atoms with Gasteiger partial charge in [0.05, 0.1) is 34.4 Å². The van der Waals surface area contributed by atoms with E-state index in [1.165, 1.54) is 38.5 Å².